The summed E-state index contributed by atoms with van der Waals surface area (Å²) in [6.07, 6.45) is 4.67. The lowest BCUT2D eigenvalue weighted by molar-refractivity contribution is -0.0125. The van der Waals surface area contributed by atoms with Crippen molar-refractivity contribution >= 4 is 5.91 Å². The predicted molar refractivity (Wildman–Crippen MR) is 80.9 cm³/mol. The lowest BCUT2D eigenvalue weighted by Crippen LogP contribution is -2.30. The van der Waals surface area contributed by atoms with E-state index in [2.05, 4.69) is 26.3 Å². The monoisotopic (exact) mass is 275 g/mol. The van der Waals surface area contributed by atoms with Crippen LogP contribution in [-0.2, 0) is 4.84 Å². The average molecular weight is 275 g/mol. The molecule has 0 aromatic heterocycles. The minimum Gasteiger partial charge on any atom is -0.270 e. The molecule has 1 aromatic carbocycles. The Morgan fingerprint density at radius 1 is 0.900 bits per heavy atom. The maximum absolute atomic E-state index is 12.4. The van der Waals surface area contributed by atoms with Gasteiger partial charge < -0.3 is 0 Å². The van der Waals surface area contributed by atoms with Crippen LogP contribution in [0, 0.1) is 34.6 Å². The van der Waals surface area contributed by atoms with Crippen LogP contribution in [0.4, 0.5) is 0 Å². The third kappa shape index (κ3) is 2.73. The van der Waals surface area contributed by atoms with Crippen molar-refractivity contribution in [2.24, 2.45) is 0 Å². The molecule has 1 saturated carbocycles. The lowest BCUT2D eigenvalue weighted by Gasteiger charge is -2.19. The summed E-state index contributed by atoms with van der Waals surface area (Å²) in [4.78, 5) is 18.0. The number of benzene rings is 1. The molecular formula is C17H25NO2. The van der Waals surface area contributed by atoms with Gasteiger partial charge in [-0.2, -0.15) is 0 Å². The lowest BCUT2D eigenvalue weighted by atomic mass is 9.89. The Kier molecular flexibility index (Phi) is 4.48. The highest BCUT2D eigenvalue weighted by Crippen LogP contribution is 2.26. The van der Waals surface area contributed by atoms with Crippen molar-refractivity contribution in [2.75, 3.05) is 0 Å². The maximum Gasteiger partial charge on any atom is 0.275 e. The highest BCUT2D eigenvalue weighted by atomic mass is 16.7. The zero-order valence-corrected chi connectivity index (χ0v) is 13.2. The third-order valence-corrected chi connectivity index (χ3v) is 4.85. The van der Waals surface area contributed by atoms with E-state index in [1.165, 1.54) is 29.5 Å². The molecule has 0 unspecified atom stereocenters. The molecule has 0 heterocycles. The molecule has 1 N–H and O–H groups in total. The van der Waals surface area contributed by atoms with Crippen LogP contribution in [0.25, 0.3) is 0 Å². The van der Waals surface area contributed by atoms with E-state index in [4.69, 9.17) is 4.84 Å². The molecule has 2 rings (SSSR count). The van der Waals surface area contributed by atoms with Crippen molar-refractivity contribution in [3.63, 3.8) is 0 Å². The zero-order chi connectivity index (χ0) is 14.9. The van der Waals surface area contributed by atoms with Crippen molar-refractivity contribution in [1.29, 1.82) is 0 Å². The summed E-state index contributed by atoms with van der Waals surface area (Å²) in [6, 6.07) is 0. The number of rotatable bonds is 3. The smallest absolute Gasteiger partial charge is 0.270 e. The Morgan fingerprint density at radius 3 is 1.85 bits per heavy atom. The standard InChI is InChI=1S/C17H25NO2/c1-10-11(2)13(4)16(14(5)12(10)3)17(19)18-20-15-8-6-7-9-15/h15H,6-9H2,1-5H3,(H,18,19). The molecule has 1 aliphatic rings. The molecule has 20 heavy (non-hydrogen) atoms. The second-order valence-corrected chi connectivity index (χ2v) is 5.96. The molecule has 1 aromatic rings. The van der Waals surface area contributed by atoms with Crippen LogP contribution in [0.15, 0.2) is 0 Å². The molecule has 0 spiro atoms. The SMILES string of the molecule is Cc1c(C)c(C)c(C(=O)NOC2CCCC2)c(C)c1C. The number of carbonyl (C=O) groups is 1. The minimum atomic E-state index is -0.113. The van der Waals surface area contributed by atoms with Crippen LogP contribution in [-0.4, -0.2) is 12.0 Å². The first-order valence-electron chi connectivity index (χ1n) is 7.46. The van der Waals surface area contributed by atoms with Crippen molar-refractivity contribution in [3.05, 3.63) is 33.4 Å². The van der Waals surface area contributed by atoms with Gasteiger partial charge in [-0.1, -0.05) is 12.8 Å². The summed E-state index contributed by atoms with van der Waals surface area (Å²) in [5.74, 6) is -0.113. The molecular weight excluding hydrogens is 250 g/mol. The molecule has 0 bridgehead atoms. The Bertz CT molecular complexity index is 499. The quantitative estimate of drug-likeness (QED) is 0.851. The van der Waals surface area contributed by atoms with Gasteiger partial charge in [0.2, 0.25) is 0 Å². The van der Waals surface area contributed by atoms with Gasteiger partial charge in [-0.15, -0.1) is 0 Å². The van der Waals surface area contributed by atoms with Crippen molar-refractivity contribution in [3.8, 4) is 0 Å². The first-order valence-corrected chi connectivity index (χ1v) is 7.46. The summed E-state index contributed by atoms with van der Waals surface area (Å²) in [5, 5.41) is 0. The number of hydrogen-bond acceptors (Lipinski definition) is 2. The van der Waals surface area contributed by atoms with Gasteiger partial charge >= 0.3 is 0 Å². The molecule has 1 fully saturated rings. The molecule has 3 heteroatoms. The van der Waals surface area contributed by atoms with E-state index in [9.17, 15) is 4.79 Å². The van der Waals surface area contributed by atoms with E-state index in [-0.39, 0.29) is 12.0 Å². The summed E-state index contributed by atoms with van der Waals surface area (Å²) in [6.45, 7) is 10.3. The number of nitrogens with one attached hydrogen (secondary N) is 1. The van der Waals surface area contributed by atoms with Gasteiger partial charge in [-0.05, 0) is 75.3 Å². The molecule has 110 valence electrons. The van der Waals surface area contributed by atoms with Crippen LogP contribution in [0.2, 0.25) is 0 Å². The molecule has 1 amide bonds. The van der Waals surface area contributed by atoms with E-state index in [1.54, 1.807) is 0 Å². The molecule has 0 radical (unpaired) electrons. The first-order chi connectivity index (χ1) is 9.43. The predicted octanol–water partition coefficient (Wildman–Crippen LogP) is 3.83. The van der Waals surface area contributed by atoms with Gasteiger partial charge in [0, 0.05) is 5.56 Å². The number of carbonyl (C=O) groups excluding carboxylic acids is 1. The van der Waals surface area contributed by atoms with E-state index < -0.39 is 0 Å². The van der Waals surface area contributed by atoms with Gasteiger partial charge in [0.25, 0.3) is 5.91 Å². The summed E-state index contributed by atoms with van der Waals surface area (Å²) in [7, 11) is 0. The molecule has 0 saturated heterocycles. The van der Waals surface area contributed by atoms with E-state index in [0.717, 1.165) is 29.5 Å². The maximum atomic E-state index is 12.4. The van der Waals surface area contributed by atoms with E-state index >= 15 is 0 Å². The largest absolute Gasteiger partial charge is 0.275 e. The number of amides is 1. The first kappa shape index (κ1) is 15.0. The number of hydrogen-bond donors (Lipinski definition) is 1. The Morgan fingerprint density at radius 2 is 1.35 bits per heavy atom. The van der Waals surface area contributed by atoms with E-state index in [0.29, 0.717) is 0 Å². The fourth-order valence-electron chi connectivity index (χ4n) is 3.03. The molecule has 3 nitrogen and oxygen atoms in total. The molecule has 0 atom stereocenters. The van der Waals surface area contributed by atoms with Gasteiger partial charge in [0.15, 0.2) is 0 Å². The van der Waals surface area contributed by atoms with Crippen molar-refractivity contribution in [2.45, 2.75) is 66.4 Å². The van der Waals surface area contributed by atoms with Crippen molar-refractivity contribution in [1.82, 2.24) is 5.48 Å². The van der Waals surface area contributed by atoms with Crippen LogP contribution in [0.5, 0.6) is 0 Å². The van der Waals surface area contributed by atoms with E-state index in [1.807, 2.05) is 13.8 Å². The van der Waals surface area contributed by atoms with Gasteiger partial charge in [0.05, 0.1) is 6.10 Å². The second kappa shape index (κ2) is 5.96. The fraction of sp³-hybridized carbons (Fsp3) is 0.588. The van der Waals surface area contributed by atoms with Gasteiger partial charge in [0.1, 0.15) is 0 Å². The van der Waals surface area contributed by atoms with Crippen LogP contribution >= 0.6 is 0 Å². The summed E-state index contributed by atoms with van der Waals surface area (Å²) in [5.41, 5.74) is 9.19. The highest BCUT2D eigenvalue weighted by molar-refractivity contribution is 5.97. The Hall–Kier alpha value is -1.35. The summed E-state index contributed by atoms with van der Waals surface area (Å²) >= 11 is 0. The minimum absolute atomic E-state index is 0.113. The normalized spacial score (nSPS) is 15.7. The summed E-state index contributed by atoms with van der Waals surface area (Å²) < 4.78 is 0. The fourth-order valence-corrected chi connectivity index (χ4v) is 3.03. The van der Waals surface area contributed by atoms with Crippen LogP contribution in [0.1, 0.15) is 63.9 Å². The topological polar surface area (TPSA) is 38.3 Å². The molecule has 0 aliphatic heterocycles. The Labute approximate surface area is 121 Å². The molecule has 1 aliphatic carbocycles. The number of hydroxylamine groups is 1. The third-order valence-electron chi connectivity index (χ3n) is 4.85. The average Bonchev–Trinajstić information content (AvgIpc) is 2.94. The van der Waals surface area contributed by atoms with Gasteiger partial charge in [-0.3, -0.25) is 9.63 Å². The van der Waals surface area contributed by atoms with Gasteiger partial charge in [-0.25, -0.2) is 5.48 Å². The van der Waals surface area contributed by atoms with Crippen LogP contribution < -0.4 is 5.48 Å². The highest BCUT2D eigenvalue weighted by Gasteiger charge is 2.21. The Balaban J connectivity index is 2.21. The van der Waals surface area contributed by atoms with Crippen LogP contribution in [0.3, 0.4) is 0 Å². The van der Waals surface area contributed by atoms with Crippen molar-refractivity contribution < 1.29 is 9.63 Å². The zero-order valence-electron chi connectivity index (χ0n) is 13.2. The second-order valence-electron chi connectivity index (χ2n) is 5.96.